The van der Waals surface area contributed by atoms with Gasteiger partial charge < -0.3 is 19.1 Å². The summed E-state index contributed by atoms with van der Waals surface area (Å²) in [7, 11) is 12.7. The second-order valence-corrected chi connectivity index (χ2v) is 16.4. The van der Waals surface area contributed by atoms with Gasteiger partial charge in [-0.05, 0) is 95.1 Å². The second-order valence-electron chi connectivity index (χ2n) is 16.4. The van der Waals surface area contributed by atoms with Crippen molar-refractivity contribution in [1.82, 2.24) is 9.88 Å². The first kappa shape index (κ1) is 37.6. The number of benzene rings is 1. The first-order valence-electron chi connectivity index (χ1n) is 20.1. The van der Waals surface area contributed by atoms with Crippen molar-refractivity contribution >= 4 is 33.9 Å². The Balaban J connectivity index is 1.26. The number of nitrogens with one attached hydrogen (secondary N) is 1. The summed E-state index contributed by atoms with van der Waals surface area (Å²) in [6, 6.07) is 21.3. The van der Waals surface area contributed by atoms with Gasteiger partial charge in [-0.1, -0.05) is 12.1 Å². The van der Waals surface area contributed by atoms with Gasteiger partial charge in [0.15, 0.2) is 24.8 Å². The van der Waals surface area contributed by atoms with Crippen molar-refractivity contribution in [3.63, 3.8) is 0 Å². The quantitative estimate of drug-likeness (QED) is 0.115. The summed E-state index contributed by atoms with van der Waals surface area (Å²) in [5, 5.41) is 0. The zero-order chi connectivity index (χ0) is 40.7. The Bertz CT molecular complexity index is 2710. The van der Waals surface area contributed by atoms with Gasteiger partial charge in [0.2, 0.25) is 0 Å². The van der Waals surface area contributed by atoms with Crippen LogP contribution in [0, 0.1) is 0 Å². The Morgan fingerprint density at radius 3 is 1.51 bits per heavy atom. The van der Waals surface area contributed by atoms with E-state index >= 15 is 0 Å². The van der Waals surface area contributed by atoms with Crippen LogP contribution in [0.3, 0.4) is 0 Å². The van der Waals surface area contributed by atoms with Crippen molar-refractivity contribution in [2.75, 3.05) is 41.3 Å². The predicted molar refractivity (Wildman–Crippen MR) is 237 cm³/mol. The molecule has 0 fully saturated rings. The molecule has 8 heterocycles. The molecule has 5 aliphatic rings. The van der Waals surface area contributed by atoms with Crippen LogP contribution in [0.2, 0.25) is 0 Å². The molecule has 9 heteroatoms. The van der Waals surface area contributed by atoms with Crippen molar-refractivity contribution in [2.45, 2.75) is 6.42 Å². The maximum Gasteiger partial charge on any atom is 0.169 e. The number of fused-ring (bicyclic) bond motifs is 5. The van der Waals surface area contributed by atoms with E-state index in [-0.39, 0.29) is 0 Å². The van der Waals surface area contributed by atoms with Gasteiger partial charge in [0.05, 0.1) is 68.5 Å². The van der Waals surface area contributed by atoms with Gasteiger partial charge >= 0.3 is 0 Å². The molecular weight excluding hydrogens is 729 g/mol. The van der Waals surface area contributed by atoms with Crippen molar-refractivity contribution in [3.05, 3.63) is 203 Å². The van der Waals surface area contributed by atoms with Crippen molar-refractivity contribution in [3.8, 4) is 5.75 Å². The van der Waals surface area contributed by atoms with Gasteiger partial charge in [-0.15, -0.1) is 0 Å². The van der Waals surface area contributed by atoms with E-state index in [9.17, 15) is 0 Å². The Morgan fingerprint density at radius 2 is 1.02 bits per heavy atom. The molecule has 0 aliphatic carbocycles. The molecule has 9 rings (SSSR count). The van der Waals surface area contributed by atoms with E-state index in [0.717, 1.165) is 113 Å². The van der Waals surface area contributed by atoms with Gasteiger partial charge in [-0.3, -0.25) is 0 Å². The molecule has 0 radical (unpaired) electrons. The molecule has 0 spiro atoms. The van der Waals surface area contributed by atoms with Crippen LogP contribution in [0.15, 0.2) is 190 Å². The highest BCUT2D eigenvalue weighted by Gasteiger charge is 2.27. The molecule has 5 aliphatic heterocycles. The van der Waals surface area contributed by atoms with E-state index in [1.165, 1.54) is 0 Å². The number of rotatable bonds is 8. The standard InChI is InChI=1S/C50H49N8O/c1-55-26-20-35(21-27-55)48-41-14-12-39(51-41)47(34-8-10-38(11-9-34)59-33-7-32-58(4,5)6)40-13-15-42(52-40)49(36-22-28-56(2)29-23-36)44-17-19-46(54-44)50(45-18-16-43(48)53-45)37-24-30-57(3)31-25-37/h8-31,53H,7,32-33H2,1-6H3/q+3. The molecular formula is C50H49N8O+3. The Hall–Kier alpha value is -6.97. The first-order chi connectivity index (χ1) is 28.6. The van der Waals surface area contributed by atoms with Crippen molar-refractivity contribution in [1.29, 1.82) is 0 Å². The summed E-state index contributed by atoms with van der Waals surface area (Å²) in [4.78, 5) is 22.1. The normalized spacial score (nSPS) is 17.2. The van der Waals surface area contributed by atoms with Gasteiger partial charge in [-0.25, -0.2) is 24.1 Å². The third-order valence-electron chi connectivity index (χ3n) is 10.9. The number of hydrogen-bond acceptors (Lipinski definition) is 5. The zero-order valence-electron chi connectivity index (χ0n) is 34.5. The van der Waals surface area contributed by atoms with E-state index in [0.29, 0.717) is 6.61 Å². The lowest BCUT2D eigenvalue weighted by Crippen LogP contribution is -2.35. The zero-order valence-corrected chi connectivity index (χ0v) is 34.5. The number of hydrogen-bond donors (Lipinski definition) is 1. The highest BCUT2D eigenvalue weighted by atomic mass is 16.5. The summed E-state index contributed by atoms with van der Waals surface area (Å²) >= 11 is 0. The third kappa shape index (κ3) is 7.85. The van der Waals surface area contributed by atoms with Gasteiger partial charge in [0.1, 0.15) is 19.8 Å². The second kappa shape index (κ2) is 15.4. The minimum absolute atomic E-state index is 0.667. The molecule has 4 aromatic rings. The number of H-pyrrole nitrogens is 1. The maximum atomic E-state index is 6.20. The summed E-state index contributed by atoms with van der Waals surface area (Å²) in [6.07, 6.45) is 30.4. The van der Waals surface area contributed by atoms with Crippen LogP contribution in [0.4, 0.5) is 0 Å². The summed E-state index contributed by atoms with van der Waals surface area (Å²) < 4.78 is 11.2. The van der Waals surface area contributed by atoms with Crippen molar-refractivity contribution in [2.24, 2.45) is 29.1 Å². The molecule has 0 atom stereocenters. The predicted octanol–water partition coefficient (Wildman–Crippen LogP) is 7.38. The van der Waals surface area contributed by atoms with Gasteiger partial charge in [0, 0.05) is 83.8 Å². The molecule has 3 aromatic heterocycles. The van der Waals surface area contributed by atoms with Crippen LogP contribution in [0.5, 0.6) is 5.75 Å². The Labute approximate surface area is 346 Å². The molecule has 0 amide bonds. The van der Waals surface area contributed by atoms with Crippen LogP contribution in [-0.4, -0.2) is 72.8 Å². The summed E-state index contributed by atoms with van der Waals surface area (Å²) in [5.74, 6) is 0.846. The molecule has 0 unspecified atom stereocenters. The number of pyridine rings is 2. The number of aromatic amines is 1. The van der Waals surface area contributed by atoms with Crippen LogP contribution in [0.1, 0.15) is 34.5 Å². The lowest BCUT2D eigenvalue weighted by Gasteiger charge is -2.23. The molecule has 0 saturated heterocycles. The fourth-order valence-corrected chi connectivity index (χ4v) is 7.80. The number of nitrogens with zero attached hydrogens (tertiary/aromatic N) is 7. The van der Waals surface area contributed by atoms with E-state index < -0.39 is 0 Å². The van der Waals surface area contributed by atoms with Crippen LogP contribution in [-0.2, 0) is 14.1 Å². The molecule has 0 saturated carbocycles. The van der Waals surface area contributed by atoms with Crippen LogP contribution in [0.25, 0.3) is 16.7 Å². The van der Waals surface area contributed by atoms with E-state index in [2.05, 4.69) is 173 Å². The number of ether oxygens (including phenoxy) is 1. The number of aliphatic imine (C=N–C) groups is 3. The van der Waals surface area contributed by atoms with E-state index in [4.69, 9.17) is 19.7 Å². The number of quaternary nitrogens is 1. The highest BCUT2D eigenvalue weighted by molar-refractivity contribution is 6.36. The average molecular weight is 778 g/mol. The van der Waals surface area contributed by atoms with Crippen LogP contribution < -0.4 is 13.9 Å². The lowest BCUT2D eigenvalue weighted by atomic mass is 9.97. The topological polar surface area (TPSA) is 73.1 Å². The van der Waals surface area contributed by atoms with Gasteiger partial charge in [0.25, 0.3) is 0 Å². The number of aromatic nitrogens is 3. The molecule has 8 bridgehead atoms. The maximum absolute atomic E-state index is 6.20. The monoisotopic (exact) mass is 777 g/mol. The lowest BCUT2D eigenvalue weighted by molar-refractivity contribution is -0.870. The average Bonchev–Trinajstić information content (AvgIpc) is 4.07. The van der Waals surface area contributed by atoms with E-state index in [1.807, 2.05) is 35.2 Å². The summed E-state index contributed by atoms with van der Waals surface area (Å²) in [6.45, 7) is 1.71. The third-order valence-corrected chi connectivity index (χ3v) is 10.9. The fourth-order valence-electron chi connectivity index (χ4n) is 7.80. The SMILES string of the molecule is CN1C=CC(=C2C3=NC(=C(c4ccc(OCCC[N+](C)(C)C)cc4)C4=NC(=C(c5cc[n+](C)cc5)c5ccc([nH]5)C(c5cc[n+](C)cc5)=C5C=CC2=N5)C=C4)C=C3)C=C1. The van der Waals surface area contributed by atoms with E-state index in [1.54, 1.807) is 0 Å². The molecule has 1 N–H and O–H groups in total. The summed E-state index contributed by atoms with van der Waals surface area (Å²) in [5.41, 5.74) is 15.1. The minimum Gasteiger partial charge on any atom is -0.493 e. The molecule has 292 valence electrons. The first-order valence-corrected chi connectivity index (χ1v) is 20.1. The Kier molecular flexibility index (Phi) is 9.82. The number of allylic oxidation sites excluding steroid dienone is 11. The smallest absolute Gasteiger partial charge is 0.169 e. The highest BCUT2D eigenvalue weighted by Crippen LogP contribution is 2.38. The minimum atomic E-state index is 0.667. The number of aryl methyl sites for hydroxylation is 2. The largest absolute Gasteiger partial charge is 0.493 e. The fraction of sp³-hybridized carbons (Fsp3) is 0.180. The van der Waals surface area contributed by atoms with Crippen molar-refractivity contribution < 1.29 is 18.4 Å². The van der Waals surface area contributed by atoms with Gasteiger partial charge in [-0.2, -0.15) is 0 Å². The Morgan fingerprint density at radius 1 is 0.559 bits per heavy atom. The molecule has 1 aromatic carbocycles. The molecule has 59 heavy (non-hydrogen) atoms. The molecule has 9 nitrogen and oxygen atoms in total. The van der Waals surface area contributed by atoms with Crippen LogP contribution >= 0.6 is 0 Å².